The van der Waals surface area contributed by atoms with Crippen molar-refractivity contribution < 1.29 is 26.7 Å². The molecule has 6 nitrogen and oxygen atoms in total. The van der Waals surface area contributed by atoms with E-state index in [0.717, 1.165) is 28.8 Å². The van der Waals surface area contributed by atoms with Gasteiger partial charge in [0, 0.05) is 17.8 Å². The summed E-state index contributed by atoms with van der Waals surface area (Å²) in [7, 11) is -3.94. The number of halogens is 2. The van der Waals surface area contributed by atoms with Crippen molar-refractivity contribution in [2.24, 2.45) is 0 Å². The van der Waals surface area contributed by atoms with E-state index >= 15 is 0 Å². The highest BCUT2D eigenvalue weighted by atomic mass is 32.2. The number of rotatable bonds is 7. The number of ether oxygens (including phenoxy) is 1. The van der Waals surface area contributed by atoms with Gasteiger partial charge in [-0.3, -0.25) is 9.10 Å². The van der Waals surface area contributed by atoms with Gasteiger partial charge < -0.3 is 10.1 Å². The van der Waals surface area contributed by atoms with Crippen LogP contribution in [0.5, 0.6) is 5.75 Å². The van der Waals surface area contributed by atoms with Crippen molar-refractivity contribution in [3.8, 4) is 5.75 Å². The van der Waals surface area contributed by atoms with Crippen molar-refractivity contribution >= 4 is 27.3 Å². The molecule has 0 radical (unpaired) electrons. The van der Waals surface area contributed by atoms with Crippen LogP contribution in [0.2, 0.25) is 0 Å². The predicted octanol–water partition coefficient (Wildman–Crippen LogP) is 3.16. The number of hydrogen-bond acceptors (Lipinski definition) is 4. The Morgan fingerprint density at radius 1 is 1.19 bits per heavy atom. The molecule has 2 aromatic carbocycles. The van der Waals surface area contributed by atoms with Crippen LogP contribution in [0.15, 0.2) is 42.5 Å². The molecule has 9 heteroatoms. The molecule has 0 saturated heterocycles. The number of nitrogens with one attached hydrogen (secondary N) is 1. The van der Waals surface area contributed by atoms with Crippen LogP contribution >= 0.6 is 0 Å². The van der Waals surface area contributed by atoms with Crippen molar-refractivity contribution in [2.75, 3.05) is 22.5 Å². The third kappa shape index (κ3) is 5.16. The van der Waals surface area contributed by atoms with E-state index in [-0.39, 0.29) is 5.69 Å². The summed E-state index contributed by atoms with van der Waals surface area (Å²) < 4.78 is 57.2. The molecule has 0 aliphatic carbocycles. The molecule has 1 amide bonds. The molecule has 0 fully saturated rings. The Hall–Kier alpha value is -2.68. The molecule has 0 bridgehead atoms. The lowest BCUT2D eigenvalue weighted by Gasteiger charge is -2.28. The summed E-state index contributed by atoms with van der Waals surface area (Å²) in [6.07, 6.45) is 0.883. The quantitative estimate of drug-likeness (QED) is 0.777. The van der Waals surface area contributed by atoms with E-state index in [1.807, 2.05) is 6.92 Å². The number of carbonyl (C=O) groups is 1. The van der Waals surface area contributed by atoms with E-state index in [9.17, 15) is 22.0 Å². The standard InChI is InChI=1S/C18H20F2N2O4S/c1-4-26-15-7-5-6-13(10-15)21-18(23)12(2)22(27(3,24)25)14-8-9-16(19)17(20)11-14/h5-12H,4H2,1-3H3,(H,21,23)/t12-/m0/s1. The number of anilines is 2. The van der Waals surface area contributed by atoms with Crippen LogP contribution in [0.3, 0.4) is 0 Å². The van der Waals surface area contributed by atoms with Crippen LogP contribution < -0.4 is 14.4 Å². The zero-order valence-electron chi connectivity index (χ0n) is 15.1. The summed E-state index contributed by atoms with van der Waals surface area (Å²) in [6, 6.07) is 8.03. The number of hydrogen-bond donors (Lipinski definition) is 1. The van der Waals surface area contributed by atoms with Crippen LogP contribution in [-0.2, 0) is 14.8 Å². The first kappa shape index (κ1) is 20.6. The van der Waals surface area contributed by atoms with Gasteiger partial charge in [0.15, 0.2) is 11.6 Å². The molecule has 0 saturated carbocycles. The minimum Gasteiger partial charge on any atom is -0.494 e. The molecule has 0 spiro atoms. The molecule has 1 N–H and O–H groups in total. The highest BCUT2D eigenvalue weighted by molar-refractivity contribution is 7.92. The lowest BCUT2D eigenvalue weighted by Crippen LogP contribution is -2.45. The van der Waals surface area contributed by atoms with E-state index in [4.69, 9.17) is 4.74 Å². The minimum absolute atomic E-state index is 0.151. The van der Waals surface area contributed by atoms with Gasteiger partial charge in [-0.15, -0.1) is 0 Å². The molecule has 2 rings (SSSR count). The molecule has 146 valence electrons. The van der Waals surface area contributed by atoms with Crippen molar-refractivity contribution in [1.82, 2.24) is 0 Å². The van der Waals surface area contributed by atoms with Gasteiger partial charge in [0.05, 0.1) is 18.6 Å². The highest BCUT2D eigenvalue weighted by Crippen LogP contribution is 2.24. The number of benzene rings is 2. The van der Waals surface area contributed by atoms with Crippen molar-refractivity contribution in [2.45, 2.75) is 19.9 Å². The maximum Gasteiger partial charge on any atom is 0.247 e. The fourth-order valence-corrected chi connectivity index (χ4v) is 3.67. The van der Waals surface area contributed by atoms with Crippen molar-refractivity contribution in [3.63, 3.8) is 0 Å². The number of nitrogens with zero attached hydrogens (tertiary/aromatic N) is 1. The summed E-state index contributed by atoms with van der Waals surface area (Å²) in [5.74, 6) is -2.42. The molecule has 0 aliphatic heterocycles. The molecular weight excluding hydrogens is 378 g/mol. The van der Waals surface area contributed by atoms with Crippen LogP contribution in [0, 0.1) is 11.6 Å². The summed E-state index contributed by atoms with van der Waals surface area (Å²) in [4.78, 5) is 12.6. The third-order valence-corrected chi connectivity index (χ3v) is 4.90. The summed E-state index contributed by atoms with van der Waals surface area (Å²) in [5.41, 5.74) is 0.263. The Balaban J connectivity index is 2.29. The van der Waals surface area contributed by atoms with E-state index < -0.39 is 33.6 Å². The average molecular weight is 398 g/mol. The monoisotopic (exact) mass is 398 g/mol. The molecule has 0 unspecified atom stereocenters. The molecule has 0 aliphatic rings. The summed E-state index contributed by atoms with van der Waals surface area (Å²) in [5, 5.41) is 2.60. The van der Waals surface area contributed by atoms with Gasteiger partial charge in [0.2, 0.25) is 15.9 Å². The van der Waals surface area contributed by atoms with Crippen LogP contribution in [0.1, 0.15) is 13.8 Å². The fraction of sp³-hybridized carbons (Fsp3) is 0.278. The summed E-state index contributed by atoms with van der Waals surface area (Å²) in [6.45, 7) is 3.62. The van der Waals surface area contributed by atoms with E-state index in [2.05, 4.69) is 5.32 Å². The van der Waals surface area contributed by atoms with Gasteiger partial charge in [0.1, 0.15) is 11.8 Å². The molecule has 2 aromatic rings. The van der Waals surface area contributed by atoms with E-state index in [0.29, 0.717) is 18.0 Å². The van der Waals surface area contributed by atoms with Crippen LogP contribution in [0.4, 0.5) is 20.2 Å². The smallest absolute Gasteiger partial charge is 0.247 e. The Kier molecular flexibility index (Phi) is 6.37. The zero-order chi connectivity index (χ0) is 20.2. The van der Waals surface area contributed by atoms with Crippen molar-refractivity contribution in [1.29, 1.82) is 0 Å². The SMILES string of the molecule is CCOc1cccc(NC(=O)[C@H](C)N(c2ccc(F)c(F)c2)S(C)(=O)=O)c1. The largest absolute Gasteiger partial charge is 0.494 e. The van der Waals surface area contributed by atoms with Gasteiger partial charge in [0.25, 0.3) is 0 Å². The maximum absolute atomic E-state index is 13.5. The second-order valence-electron chi connectivity index (χ2n) is 5.78. The molecular formula is C18H20F2N2O4S. The Labute approximate surface area is 156 Å². The molecule has 0 heterocycles. The summed E-state index contributed by atoms with van der Waals surface area (Å²) >= 11 is 0. The molecule has 1 atom stereocenters. The second kappa shape index (κ2) is 8.34. The molecule has 27 heavy (non-hydrogen) atoms. The number of sulfonamides is 1. The highest BCUT2D eigenvalue weighted by Gasteiger charge is 2.29. The normalized spacial score (nSPS) is 12.3. The zero-order valence-corrected chi connectivity index (χ0v) is 15.9. The number of amides is 1. The van der Waals surface area contributed by atoms with Gasteiger partial charge in [-0.2, -0.15) is 0 Å². The first-order valence-corrected chi connectivity index (χ1v) is 9.96. The Bertz CT molecular complexity index is 935. The molecule has 0 aromatic heterocycles. The fourth-order valence-electron chi connectivity index (χ4n) is 2.51. The van der Waals surface area contributed by atoms with Gasteiger partial charge >= 0.3 is 0 Å². The van der Waals surface area contributed by atoms with E-state index in [1.165, 1.54) is 6.92 Å². The third-order valence-electron chi connectivity index (χ3n) is 3.66. The predicted molar refractivity (Wildman–Crippen MR) is 99.4 cm³/mol. The number of carbonyl (C=O) groups excluding carboxylic acids is 1. The minimum atomic E-state index is -3.94. The second-order valence-corrected chi connectivity index (χ2v) is 7.64. The van der Waals surface area contributed by atoms with Crippen LogP contribution in [0.25, 0.3) is 0 Å². The average Bonchev–Trinajstić information content (AvgIpc) is 2.57. The lowest BCUT2D eigenvalue weighted by atomic mass is 10.2. The van der Waals surface area contributed by atoms with Gasteiger partial charge in [-0.05, 0) is 38.1 Å². The first-order chi connectivity index (χ1) is 12.6. The first-order valence-electron chi connectivity index (χ1n) is 8.11. The maximum atomic E-state index is 13.5. The lowest BCUT2D eigenvalue weighted by molar-refractivity contribution is -0.116. The van der Waals surface area contributed by atoms with Gasteiger partial charge in [-0.1, -0.05) is 6.07 Å². The van der Waals surface area contributed by atoms with E-state index in [1.54, 1.807) is 24.3 Å². The van der Waals surface area contributed by atoms with Crippen LogP contribution in [-0.4, -0.2) is 33.2 Å². The van der Waals surface area contributed by atoms with Gasteiger partial charge in [-0.25, -0.2) is 17.2 Å². The topological polar surface area (TPSA) is 75.7 Å². The Morgan fingerprint density at radius 3 is 2.48 bits per heavy atom. The van der Waals surface area contributed by atoms with Crippen molar-refractivity contribution in [3.05, 3.63) is 54.1 Å². The Morgan fingerprint density at radius 2 is 1.89 bits per heavy atom.